The van der Waals surface area contributed by atoms with Gasteiger partial charge in [0.15, 0.2) is 0 Å². The fourth-order valence-corrected chi connectivity index (χ4v) is 18.8. The van der Waals surface area contributed by atoms with E-state index in [1.54, 1.807) is 3.71 Å². The molecule has 0 saturated carbocycles. The molecule has 0 radical (unpaired) electrons. The average molecular weight is 413 g/mol. The van der Waals surface area contributed by atoms with Crippen LogP contribution in [0, 0.1) is 0 Å². The van der Waals surface area contributed by atoms with E-state index in [1.165, 1.54) is 51.8 Å². The van der Waals surface area contributed by atoms with Crippen molar-refractivity contribution in [2.24, 2.45) is 0 Å². The Balaban J connectivity index is 2.19. The summed E-state index contributed by atoms with van der Waals surface area (Å²) in [6.07, 6.45) is 12.7. The Bertz CT molecular complexity index is 407. The number of hydrogen-bond acceptors (Lipinski definition) is 2. The van der Waals surface area contributed by atoms with Crippen molar-refractivity contribution in [3.8, 4) is 0 Å². The van der Waals surface area contributed by atoms with Gasteiger partial charge in [0.25, 0.3) is 0 Å². The summed E-state index contributed by atoms with van der Waals surface area (Å²) in [5.41, 5.74) is 0. The minimum atomic E-state index is -2.30. The first-order chi connectivity index (χ1) is 10.8. The fraction of sp³-hybridized carbons (Fsp3) is 0.833. The van der Waals surface area contributed by atoms with Crippen molar-refractivity contribution >= 4 is 22.1 Å². The van der Waals surface area contributed by atoms with Crippen molar-refractivity contribution in [3.63, 3.8) is 0 Å². The SMILES string of the molecule is CCC[CH2][Sn]([CH2]CCC)([CH2]CCC)[c]1cn(C2COC2)cn1. The van der Waals surface area contributed by atoms with Crippen LogP contribution < -0.4 is 3.71 Å². The van der Waals surface area contributed by atoms with Gasteiger partial charge in [0.2, 0.25) is 0 Å². The molecule has 1 fully saturated rings. The molecule has 1 aliphatic heterocycles. The summed E-state index contributed by atoms with van der Waals surface area (Å²) in [5, 5.41) is 0. The number of nitrogens with zero attached hydrogens (tertiary/aromatic N) is 2. The summed E-state index contributed by atoms with van der Waals surface area (Å²) in [5.74, 6) is 0. The van der Waals surface area contributed by atoms with Crippen LogP contribution in [-0.2, 0) is 4.74 Å². The Labute approximate surface area is 140 Å². The van der Waals surface area contributed by atoms with Gasteiger partial charge >= 0.3 is 141 Å². The first kappa shape index (κ1) is 18.3. The van der Waals surface area contributed by atoms with Crippen LogP contribution in [0.3, 0.4) is 0 Å². The second-order valence-corrected chi connectivity index (χ2v) is 20.0. The van der Waals surface area contributed by atoms with Crippen LogP contribution in [0.15, 0.2) is 12.5 Å². The van der Waals surface area contributed by atoms with Crippen LogP contribution in [0.2, 0.25) is 13.3 Å². The van der Waals surface area contributed by atoms with E-state index in [2.05, 4.69) is 37.9 Å². The Morgan fingerprint density at radius 1 is 1.05 bits per heavy atom. The molecule has 0 unspecified atom stereocenters. The molecule has 1 aliphatic rings. The predicted molar refractivity (Wildman–Crippen MR) is 96.6 cm³/mol. The molecular formula is C18H34N2OSn. The molecule has 1 saturated heterocycles. The van der Waals surface area contributed by atoms with Gasteiger partial charge in [-0.3, -0.25) is 0 Å². The Kier molecular flexibility index (Phi) is 7.75. The maximum absolute atomic E-state index is 5.35. The van der Waals surface area contributed by atoms with E-state index >= 15 is 0 Å². The molecule has 2 heterocycles. The Hall–Kier alpha value is -0.0313. The molecule has 0 atom stereocenters. The molecule has 4 heteroatoms. The van der Waals surface area contributed by atoms with Crippen LogP contribution in [0.25, 0.3) is 0 Å². The van der Waals surface area contributed by atoms with E-state index in [1.807, 2.05) is 0 Å². The molecule has 0 spiro atoms. The minimum absolute atomic E-state index is 0.550. The molecule has 0 bridgehead atoms. The number of imidazole rings is 1. The summed E-state index contributed by atoms with van der Waals surface area (Å²) in [6, 6.07) is 0.550. The van der Waals surface area contributed by atoms with E-state index in [0.717, 1.165) is 13.2 Å². The van der Waals surface area contributed by atoms with E-state index in [-0.39, 0.29) is 0 Å². The van der Waals surface area contributed by atoms with Crippen molar-refractivity contribution in [1.82, 2.24) is 9.55 Å². The van der Waals surface area contributed by atoms with Crippen molar-refractivity contribution in [1.29, 1.82) is 0 Å². The molecule has 1 aromatic rings. The van der Waals surface area contributed by atoms with Gasteiger partial charge in [-0.05, 0) is 0 Å². The first-order valence-electron chi connectivity index (χ1n) is 9.37. The van der Waals surface area contributed by atoms with Gasteiger partial charge in [0.05, 0.1) is 0 Å². The topological polar surface area (TPSA) is 27.1 Å². The van der Waals surface area contributed by atoms with Gasteiger partial charge < -0.3 is 0 Å². The van der Waals surface area contributed by atoms with Crippen molar-refractivity contribution in [2.45, 2.75) is 78.6 Å². The van der Waals surface area contributed by atoms with Crippen LogP contribution >= 0.6 is 0 Å². The first-order valence-corrected chi connectivity index (χ1v) is 16.9. The van der Waals surface area contributed by atoms with E-state index in [9.17, 15) is 0 Å². The number of unbranched alkanes of at least 4 members (excludes halogenated alkanes) is 3. The third kappa shape index (κ3) is 4.50. The van der Waals surface area contributed by atoms with Gasteiger partial charge in [0, 0.05) is 0 Å². The summed E-state index contributed by atoms with van der Waals surface area (Å²) >= 11 is -2.30. The molecule has 22 heavy (non-hydrogen) atoms. The normalized spacial score (nSPS) is 16.0. The van der Waals surface area contributed by atoms with Crippen LogP contribution in [-0.4, -0.2) is 41.1 Å². The fourth-order valence-electron chi connectivity index (χ4n) is 3.51. The van der Waals surface area contributed by atoms with E-state index < -0.39 is 18.4 Å². The number of rotatable bonds is 11. The standard InChI is InChI=1S/C6H7N2O.3C4H9.Sn/c1-2-8(5-7-1)6-3-9-4-6;3*1-3-4-2;/h2,5-6H,3-4H2;3*1,3-4H2,2H3;. The summed E-state index contributed by atoms with van der Waals surface area (Å²) in [6.45, 7) is 8.75. The van der Waals surface area contributed by atoms with Crippen molar-refractivity contribution in [2.75, 3.05) is 13.2 Å². The van der Waals surface area contributed by atoms with Crippen LogP contribution in [0.4, 0.5) is 0 Å². The quantitative estimate of drug-likeness (QED) is 0.500. The number of aromatic nitrogens is 2. The zero-order valence-corrected chi connectivity index (χ0v) is 17.7. The second-order valence-electron chi connectivity index (χ2n) is 6.99. The predicted octanol–water partition coefficient (Wildman–Crippen LogP) is 4.51. The van der Waals surface area contributed by atoms with Crippen molar-refractivity contribution < 1.29 is 4.74 Å². The second kappa shape index (κ2) is 9.31. The Morgan fingerprint density at radius 2 is 1.59 bits per heavy atom. The van der Waals surface area contributed by atoms with Gasteiger partial charge in [0.1, 0.15) is 0 Å². The molecule has 0 aromatic carbocycles. The summed E-state index contributed by atoms with van der Waals surface area (Å²) < 4.78 is 13.8. The monoisotopic (exact) mass is 414 g/mol. The molecule has 0 aliphatic carbocycles. The van der Waals surface area contributed by atoms with Gasteiger partial charge in [-0.15, -0.1) is 0 Å². The van der Waals surface area contributed by atoms with Gasteiger partial charge in [-0.25, -0.2) is 0 Å². The van der Waals surface area contributed by atoms with Crippen molar-refractivity contribution in [3.05, 3.63) is 12.5 Å². The number of hydrogen-bond donors (Lipinski definition) is 0. The van der Waals surface area contributed by atoms with Gasteiger partial charge in [-0.2, -0.15) is 0 Å². The molecule has 2 rings (SSSR count). The zero-order valence-electron chi connectivity index (χ0n) is 14.8. The van der Waals surface area contributed by atoms with Crippen LogP contribution in [0.5, 0.6) is 0 Å². The third-order valence-corrected chi connectivity index (χ3v) is 20.3. The molecule has 126 valence electrons. The zero-order chi connectivity index (χ0) is 15.8. The summed E-state index contributed by atoms with van der Waals surface area (Å²) in [7, 11) is 0. The molecule has 1 aromatic heterocycles. The average Bonchev–Trinajstić information content (AvgIpc) is 2.95. The van der Waals surface area contributed by atoms with Crippen LogP contribution in [0.1, 0.15) is 65.3 Å². The van der Waals surface area contributed by atoms with E-state index in [4.69, 9.17) is 9.72 Å². The third-order valence-electron chi connectivity index (χ3n) is 5.21. The molecular weight excluding hydrogens is 379 g/mol. The number of ether oxygens (including phenoxy) is 1. The molecule has 0 N–H and O–H groups in total. The van der Waals surface area contributed by atoms with E-state index in [0.29, 0.717) is 6.04 Å². The molecule has 3 nitrogen and oxygen atoms in total. The summed E-state index contributed by atoms with van der Waals surface area (Å²) in [4.78, 5) is 4.95. The maximum atomic E-state index is 5.35. The Morgan fingerprint density at radius 3 is 2.00 bits per heavy atom. The molecule has 0 amide bonds. The van der Waals surface area contributed by atoms with Gasteiger partial charge in [-0.1, -0.05) is 0 Å².